The van der Waals surface area contributed by atoms with Crippen LogP contribution < -0.4 is 4.74 Å². The maximum Gasteiger partial charge on any atom is 0.416 e. The maximum absolute atomic E-state index is 12.8. The molecule has 4 rings (SSSR count). The third kappa shape index (κ3) is 5.53. The molecule has 2 aromatic carbocycles. The van der Waals surface area contributed by atoms with Gasteiger partial charge in [0.1, 0.15) is 11.4 Å². The topological polar surface area (TPSA) is 68.3 Å². The van der Waals surface area contributed by atoms with Crippen molar-refractivity contribution < 1.29 is 37.0 Å². The molecular formula is C25H27F3N2O5. The van der Waals surface area contributed by atoms with Gasteiger partial charge < -0.3 is 14.2 Å². The van der Waals surface area contributed by atoms with Crippen molar-refractivity contribution in [3.63, 3.8) is 0 Å². The Bertz CT molecular complexity index is 1080. The van der Waals surface area contributed by atoms with E-state index < -0.39 is 29.4 Å². The number of likely N-dealkylation sites (tertiary alicyclic amines) is 1. The summed E-state index contributed by atoms with van der Waals surface area (Å²) in [7, 11) is 2.80. The number of ether oxygens (including phenoxy) is 3. The molecule has 1 spiro atoms. The van der Waals surface area contributed by atoms with Gasteiger partial charge in [-0.05, 0) is 29.8 Å². The first-order valence-corrected chi connectivity index (χ1v) is 11.2. The Morgan fingerprint density at radius 3 is 2.34 bits per heavy atom. The average Bonchev–Trinajstić information content (AvgIpc) is 3.14. The first-order valence-electron chi connectivity index (χ1n) is 11.2. The Labute approximate surface area is 201 Å². The SMILES string of the molecule is COC(=O)c1ccc(CN2CC3(CCN(Cc4ccc(C(F)(F)F)cc4)CC3)OC2=O)c(OC)c1. The lowest BCUT2D eigenvalue weighted by Gasteiger charge is -2.37. The Hall–Kier alpha value is -3.27. The third-order valence-electron chi connectivity index (χ3n) is 6.57. The molecular weight excluding hydrogens is 465 g/mol. The summed E-state index contributed by atoms with van der Waals surface area (Å²) in [4.78, 5) is 28.2. The van der Waals surface area contributed by atoms with Crippen molar-refractivity contribution in [1.82, 2.24) is 9.80 Å². The summed E-state index contributed by atoms with van der Waals surface area (Å²) in [5, 5.41) is 0. The van der Waals surface area contributed by atoms with Gasteiger partial charge in [0.15, 0.2) is 0 Å². The molecule has 1 amide bonds. The quantitative estimate of drug-likeness (QED) is 0.554. The summed E-state index contributed by atoms with van der Waals surface area (Å²) in [6.07, 6.45) is -3.48. The van der Waals surface area contributed by atoms with Crippen molar-refractivity contribution >= 4 is 12.1 Å². The highest BCUT2D eigenvalue weighted by atomic mass is 19.4. The molecule has 2 saturated heterocycles. The Morgan fingerprint density at radius 2 is 1.74 bits per heavy atom. The highest BCUT2D eigenvalue weighted by molar-refractivity contribution is 5.90. The number of methoxy groups -OCH3 is 2. The Morgan fingerprint density at radius 1 is 1.06 bits per heavy atom. The van der Waals surface area contributed by atoms with E-state index in [2.05, 4.69) is 4.90 Å². The number of carbonyl (C=O) groups is 2. The van der Waals surface area contributed by atoms with Crippen LogP contribution in [0.5, 0.6) is 5.75 Å². The summed E-state index contributed by atoms with van der Waals surface area (Å²) >= 11 is 0. The number of rotatable bonds is 6. The van der Waals surface area contributed by atoms with E-state index in [0.717, 1.165) is 23.3 Å². The summed E-state index contributed by atoms with van der Waals surface area (Å²) < 4.78 is 54.3. The van der Waals surface area contributed by atoms with Gasteiger partial charge in [-0.1, -0.05) is 18.2 Å². The Balaban J connectivity index is 1.35. The minimum absolute atomic E-state index is 0.278. The molecule has 2 aromatic rings. The standard InChI is InChI=1S/C25H27F3N2O5/c1-33-21-13-18(22(31)34-2)5-6-19(21)15-30-16-24(35-23(30)32)9-11-29(12-10-24)14-17-3-7-20(8-4-17)25(26,27)28/h3-8,13H,9-12,14-16H2,1-2H3. The summed E-state index contributed by atoms with van der Waals surface area (Å²) in [5.41, 5.74) is 0.658. The van der Waals surface area contributed by atoms with Crippen LogP contribution in [0.15, 0.2) is 42.5 Å². The predicted octanol–water partition coefficient (Wildman–Crippen LogP) is 4.49. The van der Waals surface area contributed by atoms with Gasteiger partial charge in [0.25, 0.3) is 0 Å². The van der Waals surface area contributed by atoms with Crippen molar-refractivity contribution in [2.24, 2.45) is 0 Å². The zero-order chi connectivity index (χ0) is 25.2. The predicted molar refractivity (Wildman–Crippen MR) is 120 cm³/mol. The molecule has 7 nitrogen and oxygen atoms in total. The minimum Gasteiger partial charge on any atom is -0.496 e. The lowest BCUT2D eigenvalue weighted by Crippen LogP contribution is -2.46. The molecule has 2 heterocycles. The fraction of sp³-hybridized carbons (Fsp3) is 0.440. The van der Waals surface area contributed by atoms with E-state index in [4.69, 9.17) is 14.2 Å². The second-order valence-corrected chi connectivity index (χ2v) is 8.90. The average molecular weight is 492 g/mol. The van der Waals surface area contributed by atoms with Crippen LogP contribution in [0.25, 0.3) is 0 Å². The van der Waals surface area contributed by atoms with Crippen LogP contribution in [0, 0.1) is 0 Å². The summed E-state index contributed by atoms with van der Waals surface area (Å²) in [6, 6.07) is 10.1. The van der Waals surface area contributed by atoms with Crippen molar-refractivity contribution in [1.29, 1.82) is 0 Å². The smallest absolute Gasteiger partial charge is 0.416 e. The molecule has 0 bridgehead atoms. The van der Waals surface area contributed by atoms with Crippen LogP contribution in [0.1, 0.15) is 39.9 Å². The van der Waals surface area contributed by atoms with E-state index in [9.17, 15) is 22.8 Å². The molecule has 0 radical (unpaired) electrons. The van der Waals surface area contributed by atoms with Crippen LogP contribution in [0.3, 0.4) is 0 Å². The van der Waals surface area contributed by atoms with Gasteiger partial charge in [0, 0.05) is 38.0 Å². The molecule has 0 N–H and O–H groups in total. The van der Waals surface area contributed by atoms with Crippen LogP contribution in [-0.4, -0.2) is 61.3 Å². The molecule has 0 unspecified atom stereocenters. The lowest BCUT2D eigenvalue weighted by atomic mass is 9.91. The first-order chi connectivity index (χ1) is 16.6. The largest absolute Gasteiger partial charge is 0.496 e. The summed E-state index contributed by atoms with van der Waals surface area (Å²) in [6.45, 7) is 2.58. The molecule has 188 valence electrons. The Kier molecular flexibility index (Phi) is 6.93. The molecule has 0 saturated carbocycles. The number of hydrogen-bond acceptors (Lipinski definition) is 6. The van der Waals surface area contributed by atoms with Gasteiger partial charge in [0.05, 0.1) is 38.4 Å². The second-order valence-electron chi connectivity index (χ2n) is 8.90. The fourth-order valence-corrected chi connectivity index (χ4v) is 4.58. The van der Waals surface area contributed by atoms with Crippen molar-refractivity contribution in [3.05, 3.63) is 64.7 Å². The van der Waals surface area contributed by atoms with Gasteiger partial charge >= 0.3 is 18.2 Å². The first kappa shape index (κ1) is 24.8. The van der Waals surface area contributed by atoms with Crippen LogP contribution in [0.4, 0.5) is 18.0 Å². The number of nitrogens with zero attached hydrogens (tertiary/aromatic N) is 2. The van der Waals surface area contributed by atoms with Gasteiger partial charge in [-0.15, -0.1) is 0 Å². The molecule has 0 aromatic heterocycles. The number of carbonyl (C=O) groups excluding carboxylic acids is 2. The number of hydrogen-bond donors (Lipinski definition) is 0. The molecule has 0 atom stereocenters. The van der Waals surface area contributed by atoms with Crippen LogP contribution in [-0.2, 0) is 28.7 Å². The molecule has 2 aliphatic rings. The second kappa shape index (κ2) is 9.77. The van der Waals surface area contributed by atoms with E-state index >= 15 is 0 Å². The van der Waals surface area contributed by atoms with E-state index in [1.54, 1.807) is 23.1 Å². The number of esters is 1. The maximum atomic E-state index is 12.8. The van der Waals surface area contributed by atoms with Crippen molar-refractivity contribution in [3.8, 4) is 5.75 Å². The monoisotopic (exact) mass is 492 g/mol. The van der Waals surface area contributed by atoms with Crippen LogP contribution >= 0.6 is 0 Å². The number of piperidine rings is 1. The van der Waals surface area contributed by atoms with Crippen molar-refractivity contribution in [2.75, 3.05) is 33.9 Å². The van der Waals surface area contributed by atoms with Gasteiger partial charge in [0.2, 0.25) is 0 Å². The van der Waals surface area contributed by atoms with Crippen LogP contribution in [0.2, 0.25) is 0 Å². The molecule has 2 aliphatic heterocycles. The fourth-order valence-electron chi connectivity index (χ4n) is 4.58. The number of amides is 1. The molecule has 35 heavy (non-hydrogen) atoms. The summed E-state index contributed by atoms with van der Waals surface area (Å²) in [5.74, 6) is 0.00505. The molecule has 0 aliphatic carbocycles. The molecule has 10 heteroatoms. The van der Waals surface area contributed by atoms with Gasteiger partial charge in [-0.25, -0.2) is 9.59 Å². The number of alkyl halides is 3. The zero-order valence-electron chi connectivity index (χ0n) is 19.6. The number of halogens is 3. The highest BCUT2D eigenvalue weighted by Crippen LogP contribution is 2.36. The zero-order valence-corrected chi connectivity index (χ0v) is 19.6. The minimum atomic E-state index is -4.35. The van der Waals surface area contributed by atoms with E-state index in [-0.39, 0.29) is 6.54 Å². The third-order valence-corrected chi connectivity index (χ3v) is 6.57. The van der Waals surface area contributed by atoms with Gasteiger partial charge in [-0.3, -0.25) is 9.80 Å². The molecule has 2 fully saturated rings. The highest BCUT2D eigenvalue weighted by Gasteiger charge is 2.47. The number of benzene rings is 2. The van der Waals surface area contributed by atoms with E-state index in [1.807, 2.05) is 0 Å². The van der Waals surface area contributed by atoms with E-state index in [0.29, 0.717) is 50.3 Å². The van der Waals surface area contributed by atoms with E-state index in [1.165, 1.54) is 26.4 Å². The normalized spacial score (nSPS) is 18.0. The van der Waals surface area contributed by atoms with Gasteiger partial charge in [-0.2, -0.15) is 13.2 Å². The van der Waals surface area contributed by atoms with Crippen molar-refractivity contribution in [2.45, 2.75) is 37.7 Å². The lowest BCUT2D eigenvalue weighted by molar-refractivity contribution is -0.137.